The number of aliphatic hydroxyl groups is 1. The lowest BCUT2D eigenvalue weighted by Crippen LogP contribution is -2.19. The molecule has 0 bridgehead atoms. The van der Waals surface area contributed by atoms with Crippen LogP contribution in [0.15, 0.2) is 60.9 Å². The van der Waals surface area contributed by atoms with Crippen LogP contribution in [-0.2, 0) is 0 Å². The van der Waals surface area contributed by atoms with E-state index in [9.17, 15) is 9.90 Å². The van der Waals surface area contributed by atoms with E-state index >= 15 is 0 Å². The molecule has 1 aliphatic rings. The molecule has 2 aromatic heterocycles. The second-order valence-electron chi connectivity index (χ2n) is 7.82. The van der Waals surface area contributed by atoms with Crippen molar-refractivity contribution >= 4 is 16.8 Å². The largest absolute Gasteiger partial charge is 0.437 e. The molecule has 2 atom stereocenters. The van der Waals surface area contributed by atoms with Gasteiger partial charge in [-0.3, -0.25) is 9.78 Å². The van der Waals surface area contributed by atoms with Crippen molar-refractivity contribution in [1.29, 1.82) is 0 Å². The Labute approximate surface area is 179 Å². The summed E-state index contributed by atoms with van der Waals surface area (Å²) in [5, 5.41) is 10.0. The third-order valence-electron chi connectivity index (χ3n) is 5.66. The van der Waals surface area contributed by atoms with Crippen LogP contribution in [0.1, 0.15) is 53.5 Å². The van der Waals surface area contributed by atoms with E-state index in [2.05, 4.69) is 19.9 Å². The Kier molecular flexibility index (Phi) is 5.18. The summed E-state index contributed by atoms with van der Waals surface area (Å²) in [6.45, 7) is 0. The van der Waals surface area contributed by atoms with Gasteiger partial charge in [0.25, 0.3) is 0 Å². The third kappa shape index (κ3) is 4.04. The number of aromatic amines is 1. The number of para-hydroxylation sites is 2. The van der Waals surface area contributed by atoms with Gasteiger partial charge in [0.05, 0.1) is 17.1 Å². The zero-order chi connectivity index (χ0) is 21.2. The number of H-pyrrole nitrogens is 1. The second-order valence-corrected chi connectivity index (χ2v) is 7.82. The summed E-state index contributed by atoms with van der Waals surface area (Å²) in [5.74, 6) is 1.26. The Balaban J connectivity index is 1.34. The van der Waals surface area contributed by atoms with Crippen molar-refractivity contribution in [3.63, 3.8) is 0 Å². The van der Waals surface area contributed by atoms with Crippen LogP contribution in [0.2, 0.25) is 0 Å². The Morgan fingerprint density at radius 3 is 2.65 bits per heavy atom. The molecule has 7 nitrogen and oxygen atoms in total. The number of aliphatic hydroxyl groups excluding tert-OH is 1. The number of imidazole rings is 1. The maximum Gasteiger partial charge on any atom is 0.241 e. The van der Waals surface area contributed by atoms with Crippen molar-refractivity contribution in [3.05, 3.63) is 78.0 Å². The predicted molar refractivity (Wildman–Crippen MR) is 115 cm³/mol. The third-order valence-corrected chi connectivity index (χ3v) is 5.66. The summed E-state index contributed by atoms with van der Waals surface area (Å²) in [6, 6.07) is 14.4. The lowest BCUT2D eigenvalue weighted by atomic mass is 9.85. The SMILES string of the molecule is O=C(c1ccc(Oc2nccnc2[C@H]2CCCC(O)C2)cc1)c1nc2ccccc2[nH]1. The van der Waals surface area contributed by atoms with Crippen LogP contribution in [0.3, 0.4) is 0 Å². The molecule has 156 valence electrons. The number of aromatic nitrogens is 4. The fourth-order valence-electron chi connectivity index (χ4n) is 4.09. The first-order chi connectivity index (χ1) is 15.2. The maximum absolute atomic E-state index is 12.8. The molecule has 1 saturated carbocycles. The van der Waals surface area contributed by atoms with Crippen LogP contribution >= 0.6 is 0 Å². The molecule has 2 heterocycles. The topological polar surface area (TPSA) is 101 Å². The number of nitrogens with zero attached hydrogens (tertiary/aromatic N) is 3. The van der Waals surface area contributed by atoms with Crippen molar-refractivity contribution in [2.45, 2.75) is 37.7 Å². The van der Waals surface area contributed by atoms with E-state index in [0.29, 0.717) is 29.4 Å². The molecule has 2 aromatic carbocycles. The molecule has 1 fully saturated rings. The number of hydrogen-bond donors (Lipinski definition) is 2. The van der Waals surface area contributed by atoms with Gasteiger partial charge in [-0.1, -0.05) is 18.6 Å². The van der Waals surface area contributed by atoms with Crippen molar-refractivity contribution < 1.29 is 14.6 Å². The average molecular weight is 414 g/mol. The first-order valence-electron chi connectivity index (χ1n) is 10.4. The quantitative estimate of drug-likeness (QED) is 0.470. The van der Waals surface area contributed by atoms with E-state index in [-0.39, 0.29) is 17.8 Å². The summed E-state index contributed by atoms with van der Waals surface area (Å²) in [5.41, 5.74) is 2.87. The molecule has 1 aliphatic carbocycles. The summed E-state index contributed by atoms with van der Waals surface area (Å²) >= 11 is 0. The molecule has 2 N–H and O–H groups in total. The van der Waals surface area contributed by atoms with Gasteiger partial charge in [0, 0.05) is 23.9 Å². The van der Waals surface area contributed by atoms with Gasteiger partial charge in [0.1, 0.15) is 11.4 Å². The molecule has 31 heavy (non-hydrogen) atoms. The van der Waals surface area contributed by atoms with Crippen molar-refractivity contribution in [2.75, 3.05) is 0 Å². The highest BCUT2D eigenvalue weighted by molar-refractivity contribution is 6.08. The maximum atomic E-state index is 12.8. The zero-order valence-electron chi connectivity index (χ0n) is 16.9. The van der Waals surface area contributed by atoms with Gasteiger partial charge < -0.3 is 14.8 Å². The van der Waals surface area contributed by atoms with Crippen LogP contribution < -0.4 is 4.74 Å². The normalized spacial score (nSPS) is 18.7. The van der Waals surface area contributed by atoms with Crippen molar-refractivity contribution in [1.82, 2.24) is 19.9 Å². The van der Waals surface area contributed by atoms with E-state index in [0.717, 1.165) is 36.0 Å². The molecule has 0 amide bonds. The van der Waals surface area contributed by atoms with Gasteiger partial charge >= 0.3 is 0 Å². The Morgan fingerprint density at radius 2 is 1.84 bits per heavy atom. The number of rotatable bonds is 5. The zero-order valence-corrected chi connectivity index (χ0v) is 16.9. The lowest BCUT2D eigenvalue weighted by molar-refractivity contribution is 0.103. The van der Waals surface area contributed by atoms with Crippen LogP contribution in [0.25, 0.3) is 11.0 Å². The fourth-order valence-corrected chi connectivity index (χ4v) is 4.09. The highest BCUT2D eigenvalue weighted by atomic mass is 16.5. The van der Waals surface area contributed by atoms with Gasteiger partial charge in [-0.15, -0.1) is 0 Å². The van der Waals surface area contributed by atoms with E-state index in [4.69, 9.17) is 4.74 Å². The summed E-state index contributed by atoms with van der Waals surface area (Å²) in [4.78, 5) is 29.1. The number of carbonyl (C=O) groups is 1. The Bertz CT molecular complexity index is 1190. The molecule has 0 radical (unpaired) electrons. The van der Waals surface area contributed by atoms with Gasteiger partial charge in [0.2, 0.25) is 11.7 Å². The first kappa shape index (κ1) is 19.4. The second kappa shape index (κ2) is 8.28. The van der Waals surface area contributed by atoms with E-state index in [1.165, 1.54) is 0 Å². The molecule has 1 unspecified atom stereocenters. The highest BCUT2D eigenvalue weighted by Crippen LogP contribution is 2.36. The Hall–Kier alpha value is -3.58. The molecule has 5 rings (SSSR count). The molecular weight excluding hydrogens is 392 g/mol. The van der Waals surface area contributed by atoms with Gasteiger partial charge in [-0.05, 0) is 55.7 Å². The lowest BCUT2D eigenvalue weighted by Gasteiger charge is -2.26. The minimum atomic E-state index is -0.308. The van der Waals surface area contributed by atoms with Gasteiger partial charge in [-0.25, -0.2) is 9.97 Å². The number of benzene rings is 2. The number of fused-ring (bicyclic) bond motifs is 1. The first-order valence-corrected chi connectivity index (χ1v) is 10.4. The molecule has 0 saturated heterocycles. The predicted octanol–water partition coefficient (Wildman–Crippen LogP) is 4.39. The molecule has 0 spiro atoms. The number of hydrogen-bond acceptors (Lipinski definition) is 6. The number of nitrogens with one attached hydrogen (secondary N) is 1. The molecule has 7 heteroatoms. The van der Waals surface area contributed by atoms with Gasteiger partial charge in [0.15, 0.2) is 5.82 Å². The Morgan fingerprint density at radius 1 is 1.03 bits per heavy atom. The van der Waals surface area contributed by atoms with E-state index < -0.39 is 0 Å². The van der Waals surface area contributed by atoms with Crippen LogP contribution in [0, 0.1) is 0 Å². The summed E-state index contributed by atoms with van der Waals surface area (Å²) in [7, 11) is 0. The molecule has 4 aromatic rings. The van der Waals surface area contributed by atoms with Crippen LogP contribution in [0.4, 0.5) is 0 Å². The van der Waals surface area contributed by atoms with E-state index in [1.54, 1.807) is 36.7 Å². The standard InChI is InChI=1S/C24H22N4O3/c29-17-5-3-4-16(14-17)21-24(26-13-12-25-21)31-18-10-8-15(9-11-18)22(30)23-27-19-6-1-2-7-20(19)28-23/h1-2,6-13,16-17,29H,3-5,14H2,(H,27,28)/t16-,17?/m0/s1. The van der Waals surface area contributed by atoms with E-state index in [1.807, 2.05) is 24.3 Å². The fraction of sp³-hybridized carbons (Fsp3) is 0.250. The minimum absolute atomic E-state index is 0.126. The minimum Gasteiger partial charge on any atom is -0.437 e. The number of ether oxygens (including phenoxy) is 1. The summed E-state index contributed by atoms with van der Waals surface area (Å²) < 4.78 is 6.00. The summed E-state index contributed by atoms with van der Waals surface area (Å²) in [6.07, 6.45) is 6.35. The van der Waals surface area contributed by atoms with Crippen molar-refractivity contribution in [2.24, 2.45) is 0 Å². The van der Waals surface area contributed by atoms with Crippen molar-refractivity contribution in [3.8, 4) is 11.6 Å². The molecular formula is C24H22N4O3. The smallest absolute Gasteiger partial charge is 0.241 e. The number of carbonyl (C=O) groups excluding carboxylic acids is 1. The molecule has 0 aliphatic heterocycles. The average Bonchev–Trinajstić information content (AvgIpc) is 3.24. The van der Waals surface area contributed by atoms with Gasteiger partial charge in [-0.2, -0.15) is 0 Å². The number of ketones is 1. The monoisotopic (exact) mass is 414 g/mol. The highest BCUT2D eigenvalue weighted by Gasteiger charge is 2.26. The van der Waals surface area contributed by atoms with Crippen LogP contribution in [-0.4, -0.2) is 36.9 Å². The van der Waals surface area contributed by atoms with Crippen LogP contribution in [0.5, 0.6) is 11.6 Å².